The van der Waals surface area contributed by atoms with E-state index in [0.717, 1.165) is 31.4 Å². The molecule has 0 aliphatic rings. The highest BCUT2D eigenvalue weighted by Gasteiger charge is 2.12. The molecule has 0 spiro atoms. The number of nitrogens with zero attached hydrogens (tertiary/aromatic N) is 2. The highest BCUT2D eigenvalue weighted by atomic mass is 16.4. The highest BCUT2D eigenvalue weighted by Crippen LogP contribution is 2.25. The lowest BCUT2D eigenvalue weighted by atomic mass is 9.88. The first kappa shape index (κ1) is 18.0. The van der Waals surface area contributed by atoms with Crippen molar-refractivity contribution in [3.05, 3.63) is 59.7 Å². The fraction of sp³-hybridized carbons (Fsp3) is 0.400. The van der Waals surface area contributed by atoms with Gasteiger partial charge < -0.3 is 9.67 Å². The molecule has 2 aromatic rings. The van der Waals surface area contributed by atoms with E-state index in [1.807, 2.05) is 29.0 Å². The van der Waals surface area contributed by atoms with E-state index < -0.39 is 5.97 Å². The zero-order chi connectivity index (χ0) is 17.6. The zero-order valence-electron chi connectivity index (χ0n) is 14.7. The van der Waals surface area contributed by atoms with Gasteiger partial charge in [-0.05, 0) is 41.9 Å². The monoisotopic (exact) mass is 326 g/mol. The van der Waals surface area contributed by atoms with Gasteiger partial charge >= 0.3 is 5.97 Å². The van der Waals surface area contributed by atoms with Crippen LogP contribution in [0.2, 0.25) is 0 Å². The maximum absolute atomic E-state index is 11.4. The Morgan fingerprint density at radius 1 is 1.29 bits per heavy atom. The summed E-state index contributed by atoms with van der Waals surface area (Å²) in [6, 6.07) is 7.15. The molecule has 4 heteroatoms. The molecule has 0 saturated carbocycles. The molecule has 0 amide bonds. The van der Waals surface area contributed by atoms with Gasteiger partial charge in [-0.25, -0.2) is 9.78 Å². The summed E-state index contributed by atoms with van der Waals surface area (Å²) in [7, 11) is 0. The van der Waals surface area contributed by atoms with Gasteiger partial charge in [0.05, 0.1) is 11.9 Å². The van der Waals surface area contributed by atoms with Crippen LogP contribution in [-0.2, 0) is 6.54 Å². The predicted octanol–water partition coefficient (Wildman–Crippen LogP) is 4.88. The first-order valence-electron chi connectivity index (χ1n) is 8.33. The van der Waals surface area contributed by atoms with Crippen LogP contribution in [0.15, 0.2) is 48.6 Å². The fourth-order valence-electron chi connectivity index (χ4n) is 2.69. The minimum atomic E-state index is -0.890. The second-order valence-corrected chi connectivity index (χ2v) is 7.34. The second-order valence-electron chi connectivity index (χ2n) is 7.34. The summed E-state index contributed by atoms with van der Waals surface area (Å²) in [5.41, 5.74) is 2.62. The van der Waals surface area contributed by atoms with Gasteiger partial charge in [0.15, 0.2) is 0 Å². The van der Waals surface area contributed by atoms with E-state index >= 15 is 0 Å². The highest BCUT2D eigenvalue weighted by molar-refractivity contribution is 5.92. The van der Waals surface area contributed by atoms with Gasteiger partial charge in [-0.15, -0.1) is 0 Å². The fourth-order valence-corrected chi connectivity index (χ4v) is 2.69. The van der Waals surface area contributed by atoms with Gasteiger partial charge in [-0.3, -0.25) is 0 Å². The van der Waals surface area contributed by atoms with Gasteiger partial charge in [0.1, 0.15) is 0 Å². The van der Waals surface area contributed by atoms with Gasteiger partial charge in [-0.1, -0.05) is 45.0 Å². The standard InChI is InChI=1S/C20H26N2O2/c1-20(2,3)10-6-7-16(14-22-12-11-21-15-22)13-17-8-4-5-9-18(17)19(23)24/h4-5,8-9,11-13,15H,6-7,10,14H2,1-3H3,(H,23,24)/b16-13+. The van der Waals surface area contributed by atoms with Crippen molar-refractivity contribution >= 4 is 12.0 Å². The second kappa shape index (κ2) is 7.95. The van der Waals surface area contributed by atoms with Gasteiger partial charge in [0.2, 0.25) is 0 Å². The lowest BCUT2D eigenvalue weighted by Gasteiger charge is -2.18. The quantitative estimate of drug-likeness (QED) is 0.789. The Bertz CT molecular complexity index is 695. The lowest BCUT2D eigenvalue weighted by molar-refractivity contribution is 0.0696. The Morgan fingerprint density at radius 3 is 2.67 bits per heavy atom. The Labute approximate surface area is 143 Å². The maximum Gasteiger partial charge on any atom is 0.336 e. The predicted molar refractivity (Wildman–Crippen MR) is 96.9 cm³/mol. The SMILES string of the molecule is CC(C)(C)CCC/C(=C\c1ccccc1C(=O)O)Cn1ccnc1. The van der Waals surface area contributed by atoms with Crippen LogP contribution in [0.25, 0.3) is 6.08 Å². The third-order valence-electron chi connectivity index (χ3n) is 3.92. The number of allylic oxidation sites excluding steroid dienone is 1. The first-order chi connectivity index (χ1) is 11.3. The van der Waals surface area contributed by atoms with Crippen molar-refractivity contribution in [1.29, 1.82) is 0 Å². The van der Waals surface area contributed by atoms with Crippen LogP contribution in [-0.4, -0.2) is 20.6 Å². The van der Waals surface area contributed by atoms with Crippen molar-refractivity contribution in [1.82, 2.24) is 9.55 Å². The van der Waals surface area contributed by atoms with Gasteiger partial charge in [-0.2, -0.15) is 0 Å². The molecule has 0 fully saturated rings. The van der Waals surface area contributed by atoms with Crippen LogP contribution in [0.5, 0.6) is 0 Å². The number of benzene rings is 1. The number of carbonyl (C=O) groups is 1. The number of aromatic nitrogens is 2. The largest absolute Gasteiger partial charge is 0.478 e. The van der Waals surface area contributed by atoms with E-state index in [4.69, 9.17) is 0 Å². The summed E-state index contributed by atoms with van der Waals surface area (Å²) in [5.74, 6) is -0.890. The Balaban J connectivity index is 2.22. The van der Waals surface area contributed by atoms with E-state index in [0.29, 0.717) is 11.0 Å². The Kier molecular flexibility index (Phi) is 5.96. The third kappa shape index (κ3) is 5.69. The summed E-state index contributed by atoms with van der Waals surface area (Å²) in [5, 5.41) is 9.37. The van der Waals surface area contributed by atoms with Crippen LogP contribution in [0.3, 0.4) is 0 Å². The molecule has 2 rings (SSSR count). The Hall–Kier alpha value is -2.36. The molecule has 1 aromatic heterocycles. The number of imidazole rings is 1. The summed E-state index contributed by atoms with van der Waals surface area (Å²) < 4.78 is 2.02. The molecule has 4 nitrogen and oxygen atoms in total. The van der Waals surface area contributed by atoms with Crippen molar-refractivity contribution in [2.75, 3.05) is 0 Å². The lowest BCUT2D eigenvalue weighted by Crippen LogP contribution is -2.06. The molecule has 0 bridgehead atoms. The molecule has 128 valence electrons. The molecular weight excluding hydrogens is 300 g/mol. The maximum atomic E-state index is 11.4. The van der Waals surface area contributed by atoms with Crippen molar-refractivity contribution in [2.24, 2.45) is 5.41 Å². The molecule has 0 aliphatic heterocycles. The molecule has 1 N–H and O–H groups in total. The number of hydrogen-bond acceptors (Lipinski definition) is 2. The van der Waals surface area contributed by atoms with E-state index in [-0.39, 0.29) is 0 Å². The van der Waals surface area contributed by atoms with Crippen molar-refractivity contribution in [3.63, 3.8) is 0 Å². The molecule has 0 aliphatic carbocycles. The average molecular weight is 326 g/mol. The number of aromatic carboxylic acids is 1. The Morgan fingerprint density at radius 2 is 2.04 bits per heavy atom. The normalized spacial score (nSPS) is 12.4. The van der Waals surface area contributed by atoms with Crippen molar-refractivity contribution in [3.8, 4) is 0 Å². The van der Waals surface area contributed by atoms with Crippen LogP contribution in [0.4, 0.5) is 0 Å². The molecule has 0 atom stereocenters. The van der Waals surface area contributed by atoms with E-state index in [9.17, 15) is 9.90 Å². The number of carboxylic acids is 1. The molecule has 0 unspecified atom stereocenters. The molecular formula is C20H26N2O2. The minimum absolute atomic E-state index is 0.305. The summed E-state index contributed by atoms with van der Waals surface area (Å²) in [4.78, 5) is 15.5. The average Bonchev–Trinajstić information content (AvgIpc) is 2.99. The third-order valence-corrected chi connectivity index (χ3v) is 3.92. The molecule has 0 saturated heterocycles. The van der Waals surface area contributed by atoms with Crippen LogP contribution in [0.1, 0.15) is 56.0 Å². The summed E-state index contributed by atoms with van der Waals surface area (Å²) >= 11 is 0. The van der Waals surface area contributed by atoms with Crippen molar-refractivity contribution in [2.45, 2.75) is 46.6 Å². The smallest absolute Gasteiger partial charge is 0.336 e. The topological polar surface area (TPSA) is 55.1 Å². The van der Waals surface area contributed by atoms with Crippen LogP contribution < -0.4 is 0 Å². The molecule has 0 radical (unpaired) electrons. The summed E-state index contributed by atoms with van der Waals surface area (Å²) in [6.07, 6.45) is 10.7. The minimum Gasteiger partial charge on any atom is -0.478 e. The number of rotatable bonds is 7. The molecule has 1 aromatic carbocycles. The van der Waals surface area contributed by atoms with Crippen LogP contribution in [0, 0.1) is 5.41 Å². The molecule has 24 heavy (non-hydrogen) atoms. The van der Waals surface area contributed by atoms with Crippen LogP contribution >= 0.6 is 0 Å². The number of hydrogen-bond donors (Lipinski definition) is 1. The van der Waals surface area contributed by atoms with Gasteiger partial charge in [0.25, 0.3) is 0 Å². The van der Waals surface area contributed by atoms with E-state index in [2.05, 4.69) is 25.8 Å². The van der Waals surface area contributed by atoms with Crippen molar-refractivity contribution < 1.29 is 9.90 Å². The number of carboxylic acid groups (broad SMARTS) is 1. The summed E-state index contributed by atoms with van der Waals surface area (Å²) in [6.45, 7) is 7.46. The van der Waals surface area contributed by atoms with E-state index in [1.165, 1.54) is 5.57 Å². The van der Waals surface area contributed by atoms with E-state index in [1.54, 1.807) is 24.7 Å². The first-order valence-corrected chi connectivity index (χ1v) is 8.33. The zero-order valence-corrected chi connectivity index (χ0v) is 14.7. The van der Waals surface area contributed by atoms with Gasteiger partial charge in [0, 0.05) is 18.9 Å². The molecule has 1 heterocycles.